The van der Waals surface area contributed by atoms with E-state index in [0.29, 0.717) is 6.42 Å². The number of hydrogen-bond acceptors (Lipinski definition) is 3. The summed E-state index contributed by atoms with van der Waals surface area (Å²) in [6, 6.07) is 3.81. The Hall–Kier alpha value is -0.490. The van der Waals surface area contributed by atoms with E-state index in [1.807, 2.05) is 12.1 Å². The normalized spacial score (nSPS) is 10.0. The van der Waals surface area contributed by atoms with Gasteiger partial charge < -0.3 is 14.6 Å². The second-order valence-electron chi connectivity index (χ2n) is 2.77. The molecule has 0 spiro atoms. The molecule has 1 rings (SSSR count). The van der Waals surface area contributed by atoms with Crippen LogP contribution in [-0.2, 0) is 6.42 Å². The molecule has 0 aliphatic carbocycles. The summed E-state index contributed by atoms with van der Waals surface area (Å²) in [7, 11) is 3.26. The Morgan fingerprint density at radius 2 is 1.86 bits per heavy atom. The lowest BCUT2D eigenvalue weighted by molar-refractivity contribution is 0.296. The summed E-state index contributed by atoms with van der Waals surface area (Å²) >= 11 is 2.19. The Labute approximate surface area is 97.2 Å². The Kier molecular flexibility index (Phi) is 4.47. The molecule has 1 aromatic rings. The van der Waals surface area contributed by atoms with Gasteiger partial charge in [-0.2, -0.15) is 0 Å². The summed E-state index contributed by atoms with van der Waals surface area (Å²) in [5.74, 6) is 1.61. The number of ether oxygens (including phenoxy) is 2. The Morgan fingerprint density at radius 3 is 2.36 bits per heavy atom. The summed E-state index contributed by atoms with van der Waals surface area (Å²) in [6.07, 6.45) is 0.580. The van der Waals surface area contributed by atoms with Gasteiger partial charge in [-0.05, 0) is 41.1 Å². The van der Waals surface area contributed by atoms with E-state index in [1.54, 1.807) is 14.2 Å². The fourth-order valence-corrected chi connectivity index (χ4v) is 1.90. The van der Waals surface area contributed by atoms with Crippen molar-refractivity contribution in [1.82, 2.24) is 0 Å². The fourth-order valence-electron chi connectivity index (χ4n) is 1.24. The van der Waals surface area contributed by atoms with E-state index in [0.717, 1.165) is 20.6 Å². The molecule has 0 saturated heterocycles. The first kappa shape index (κ1) is 11.6. The van der Waals surface area contributed by atoms with Crippen molar-refractivity contribution in [1.29, 1.82) is 0 Å². The Bertz CT molecular complexity index is 312. The van der Waals surface area contributed by atoms with Crippen molar-refractivity contribution in [2.24, 2.45) is 0 Å². The van der Waals surface area contributed by atoms with Crippen LogP contribution in [0.15, 0.2) is 12.1 Å². The van der Waals surface area contributed by atoms with Gasteiger partial charge in [0.15, 0.2) is 0 Å². The van der Waals surface area contributed by atoms with Crippen molar-refractivity contribution in [3.8, 4) is 11.5 Å². The molecule has 0 saturated carbocycles. The number of rotatable bonds is 4. The highest BCUT2D eigenvalue weighted by Crippen LogP contribution is 2.29. The van der Waals surface area contributed by atoms with Crippen LogP contribution in [0, 0.1) is 3.57 Å². The number of halogens is 1. The van der Waals surface area contributed by atoms with Crippen molar-refractivity contribution in [3.63, 3.8) is 0 Å². The largest absolute Gasteiger partial charge is 0.496 e. The van der Waals surface area contributed by atoms with Crippen LogP contribution < -0.4 is 9.47 Å². The zero-order chi connectivity index (χ0) is 10.6. The molecule has 0 fully saturated rings. The standard InChI is InChI=1S/C10H13IO3/c1-13-9-6-8(11)10(14-2)5-7(9)3-4-12/h5-6,12H,3-4H2,1-2H3. The summed E-state index contributed by atoms with van der Waals surface area (Å²) in [4.78, 5) is 0. The molecule has 0 radical (unpaired) electrons. The Morgan fingerprint density at radius 1 is 1.21 bits per heavy atom. The van der Waals surface area contributed by atoms with E-state index in [-0.39, 0.29) is 6.61 Å². The quantitative estimate of drug-likeness (QED) is 0.863. The van der Waals surface area contributed by atoms with Crippen molar-refractivity contribution in [2.45, 2.75) is 6.42 Å². The lowest BCUT2D eigenvalue weighted by Crippen LogP contribution is -1.98. The molecule has 0 unspecified atom stereocenters. The third-order valence-corrected chi connectivity index (χ3v) is 2.78. The average Bonchev–Trinajstić information content (AvgIpc) is 2.20. The topological polar surface area (TPSA) is 38.7 Å². The van der Waals surface area contributed by atoms with Gasteiger partial charge in [0.1, 0.15) is 11.5 Å². The number of methoxy groups -OCH3 is 2. The zero-order valence-corrected chi connectivity index (χ0v) is 10.4. The Balaban J connectivity index is 3.11. The van der Waals surface area contributed by atoms with E-state index in [1.165, 1.54) is 0 Å². The molecule has 0 aliphatic rings. The van der Waals surface area contributed by atoms with Crippen LogP contribution in [0.2, 0.25) is 0 Å². The van der Waals surface area contributed by atoms with Gasteiger partial charge >= 0.3 is 0 Å². The van der Waals surface area contributed by atoms with E-state index in [4.69, 9.17) is 14.6 Å². The van der Waals surface area contributed by atoms with E-state index >= 15 is 0 Å². The highest BCUT2D eigenvalue weighted by Gasteiger charge is 2.08. The highest BCUT2D eigenvalue weighted by molar-refractivity contribution is 14.1. The van der Waals surface area contributed by atoms with Gasteiger partial charge in [0.2, 0.25) is 0 Å². The lowest BCUT2D eigenvalue weighted by atomic mass is 10.1. The SMILES string of the molecule is COc1cc(CCO)c(OC)cc1I. The van der Waals surface area contributed by atoms with Crippen molar-refractivity contribution >= 4 is 22.6 Å². The first-order chi connectivity index (χ1) is 6.72. The summed E-state index contributed by atoms with van der Waals surface area (Å²) in [5.41, 5.74) is 0.965. The highest BCUT2D eigenvalue weighted by atomic mass is 127. The molecule has 14 heavy (non-hydrogen) atoms. The predicted octanol–water partition coefficient (Wildman–Crippen LogP) is 1.84. The predicted molar refractivity (Wildman–Crippen MR) is 63.1 cm³/mol. The molecule has 0 heterocycles. The van der Waals surface area contributed by atoms with Crippen LogP contribution in [0.3, 0.4) is 0 Å². The average molecular weight is 308 g/mol. The van der Waals surface area contributed by atoms with Crippen LogP contribution >= 0.6 is 22.6 Å². The van der Waals surface area contributed by atoms with Crippen molar-refractivity contribution in [2.75, 3.05) is 20.8 Å². The number of aliphatic hydroxyl groups excluding tert-OH is 1. The molecule has 0 aliphatic heterocycles. The second-order valence-corrected chi connectivity index (χ2v) is 3.93. The van der Waals surface area contributed by atoms with Crippen LogP contribution in [-0.4, -0.2) is 25.9 Å². The number of aliphatic hydroxyl groups is 1. The molecule has 3 nitrogen and oxygen atoms in total. The maximum absolute atomic E-state index is 8.87. The molecule has 0 atom stereocenters. The van der Waals surface area contributed by atoms with Crippen LogP contribution in [0.4, 0.5) is 0 Å². The number of benzene rings is 1. The minimum Gasteiger partial charge on any atom is -0.496 e. The molecular formula is C10H13IO3. The van der Waals surface area contributed by atoms with E-state index in [2.05, 4.69) is 22.6 Å². The van der Waals surface area contributed by atoms with Crippen LogP contribution in [0.1, 0.15) is 5.56 Å². The molecule has 0 amide bonds. The van der Waals surface area contributed by atoms with Gasteiger partial charge in [-0.1, -0.05) is 0 Å². The minimum absolute atomic E-state index is 0.111. The van der Waals surface area contributed by atoms with Gasteiger partial charge in [-0.25, -0.2) is 0 Å². The first-order valence-corrected chi connectivity index (χ1v) is 5.32. The first-order valence-electron chi connectivity index (χ1n) is 4.24. The summed E-state index contributed by atoms with van der Waals surface area (Å²) in [6.45, 7) is 0.111. The molecule has 4 heteroatoms. The molecule has 0 bridgehead atoms. The van der Waals surface area contributed by atoms with Gasteiger partial charge in [-0.3, -0.25) is 0 Å². The summed E-state index contributed by atoms with van der Waals surface area (Å²) < 4.78 is 11.4. The van der Waals surface area contributed by atoms with Crippen LogP contribution in [0.5, 0.6) is 11.5 Å². The van der Waals surface area contributed by atoms with Crippen molar-refractivity contribution in [3.05, 3.63) is 21.3 Å². The molecule has 1 N–H and O–H groups in total. The van der Waals surface area contributed by atoms with Gasteiger partial charge in [0.05, 0.1) is 17.8 Å². The third kappa shape index (κ3) is 2.51. The monoisotopic (exact) mass is 308 g/mol. The fraction of sp³-hybridized carbons (Fsp3) is 0.400. The molecule has 78 valence electrons. The van der Waals surface area contributed by atoms with Gasteiger partial charge in [0.25, 0.3) is 0 Å². The zero-order valence-electron chi connectivity index (χ0n) is 8.21. The maximum atomic E-state index is 8.87. The van der Waals surface area contributed by atoms with E-state index in [9.17, 15) is 0 Å². The maximum Gasteiger partial charge on any atom is 0.132 e. The molecule has 0 aromatic heterocycles. The van der Waals surface area contributed by atoms with Gasteiger partial charge in [0, 0.05) is 12.2 Å². The smallest absolute Gasteiger partial charge is 0.132 e. The molecular weight excluding hydrogens is 295 g/mol. The third-order valence-electron chi connectivity index (χ3n) is 1.94. The molecule has 1 aromatic carbocycles. The lowest BCUT2D eigenvalue weighted by Gasteiger charge is -2.11. The number of hydrogen-bond donors (Lipinski definition) is 1. The second kappa shape index (κ2) is 5.41. The van der Waals surface area contributed by atoms with Crippen LogP contribution in [0.25, 0.3) is 0 Å². The van der Waals surface area contributed by atoms with E-state index < -0.39 is 0 Å². The summed E-state index contributed by atoms with van der Waals surface area (Å²) in [5, 5.41) is 8.87. The minimum atomic E-state index is 0.111. The van der Waals surface area contributed by atoms with Gasteiger partial charge in [-0.15, -0.1) is 0 Å². The van der Waals surface area contributed by atoms with Crippen molar-refractivity contribution < 1.29 is 14.6 Å².